The van der Waals surface area contributed by atoms with Gasteiger partial charge in [-0.25, -0.2) is 0 Å². The summed E-state index contributed by atoms with van der Waals surface area (Å²) >= 11 is 2.28. The summed E-state index contributed by atoms with van der Waals surface area (Å²) in [7, 11) is 0. The van der Waals surface area contributed by atoms with Gasteiger partial charge in [-0.3, -0.25) is 4.79 Å². The van der Waals surface area contributed by atoms with Crippen molar-refractivity contribution in [2.75, 3.05) is 6.61 Å². The monoisotopic (exact) mass is 304 g/mol. The average Bonchev–Trinajstić information content (AvgIpc) is 2.14. The fraction of sp³-hybridized carbons (Fsp3) is 0.364. The Morgan fingerprint density at radius 1 is 1.36 bits per heavy atom. The van der Waals surface area contributed by atoms with Crippen molar-refractivity contribution >= 4 is 28.4 Å². The predicted molar refractivity (Wildman–Crippen MR) is 64.4 cm³/mol. The maximum absolute atomic E-state index is 11.1. The van der Waals surface area contributed by atoms with E-state index >= 15 is 0 Å². The standard InChI is InChI=1S/C11H13IO2/c1-7-4-11(12)8(2)3-9(7)5-10(14)6-13/h3-4,13H,5-6H2,1-2H3. The van der Waals surface area contributed by atoms with Gasteiger partial charge in [0.25, 0.3) is 0 Å². The number of aliphatic hydroxyl groups excluding tert-OH is 1. The third-order valence-electron chi connectivity index (χ3n) is 2.18. The van der Waals surface area contributed by atoms with E-state index in [4.69, 9.17) is 5.11 Å². The zero-order chi connectivity index (χ0) is 10.7. The van der Waals surface area contributed by atoms with Crippen molar-refractivity contribution in [3.63, 3.8) is 0 Å². The van der Waals surface area contributed by atoms with Gasteiger partial charge in [0.15, 0.2) is 5.78 Å². The Morgan fingerprint density at radius 2 is 2.00 bits per heavy atom. The van der Waals surface area contributed by atoms with E-state index < -0.39 is 0 Å². The summed E-state index contributed by atoms with van der Waals surface area (Å²) in [5.74, 6) is -0.131. The Balaban J connectivity index is 2.98. The van der Waals surface area contributed by atoms with Crippen LogP contribution in [0.5, 0.6) is 0 Å². The Kier molecular flexibility index (Phi) is 4.07. The van der Waals surface area contributed by atoms with E-state index in [0.717, 1.165) is 11.1 Å². The minimum Gasteiger partial charge on any atom is -0.389 e. The molecule has 1 rings (SSSR count). The van der Waals surface area contributed by atoms with Gasteiger partial charge in [0.05, 0.1) is 0 Å². The van der Waals surface area contributed by atoms with Crippen molar-refractivity contribution in [3.05, 3.63) is 32.4 Å². The van der Waals surface area contributed by atoms with Crippen LogP contribution in [-0.4, -0.2) is 17.5 Å². The summed E-state index contributed by atoms with van der Waals surface area (Å²) < 4.78 is 1.21. The second kappa shape index (κ2) is 4.89. The fourth-order valence-corrected chi connectivity index (χ4v) is 1.92. The number of carbonyl (C=O) groups excluding carboxylic acids is 1. The van der Waals surface area contributed by atoms with E-state index in [1.165, 1.54) is 9.13 Å². The molecule has 3 heteroatoms. The maximum atomic E-state index is 11.1. The summed E-state index contributed by atoms with van der Waals surface area (Å²) in [6.45, 7) is 3.64. The maximum Gasteiger partial charge on any atom is 0.162 e. The number of halogens is 1. The smallest absolute Gasteiger partial charge is 0.162 e. The molecule has 0 aromatic heterocycles. The van der Waals surface area contributed by atoms with Crippen LogP contribution in [0, 0.1) is 17.4 Å². The lowest BCUT2D eigenvalue weighted by atomic mass is 10.0. The first-order valence-electron chi connectivity index (χ1n) is 4.42. The van der Waals surface area contributed by atoms with Crippen LogP contribution < -0.4 is 0 Å². The van der Waals surface area contributed by atoms with Gasteiger partial charge in [-0.05, 0) is 59.2 Å². The largest absolute Gasteiger partial charge is 0.389 e. The zero-order valence-corrected chi connectivity index (χ0v) is 10.5. The van der Waals surface area contributed by atoms with Gasteiger partial charge in [-0.1, -0.05) is 6.07 Å². The van der Waals surface area contributed by atoms with Gasteiger partial charge in [0.1, 0.15) is 6.61 Å². The summed E-state index contributed by atoms with van der Waals surface area (Å²) in [6.07, 6.45) is 0.333. The van der Waals surface area contributed by atoms with Crippen LogP contribution in [0.15, 0.2) is 12.1 Å². The lowest BCUT2D eigenvalue weighted by Gasteiger charge is -2.07. The lowest BCUT2D eigenvalue weighted by Crippen LogP contribution is -2.08. The Labute approximate surface area is 97.5 Å². The number of rotatable bonds is 3. The van der Waals surface area contributed by atoms with E-state index in [2.05, 4.69) is 28.7 Å². The van der Waals surface area contributed by atoms with Crippen molar-refractivity contribution < 1.29 is 9.90 Å². The molecule has 0 amide bonds. The van der Waals surface area contributed by atoms with Crippen molar-refractivity contribution in [2.45, 2.75) is 20.3 Å². The van der Waals surface area contributed by atoms with Crippen LogP contribution >= 0.6 is 22.6 Å². The number of hydrogen-bond acceptors (Lipinski definition) is 2. The van der Waals surface area contributed by atoms with Gasteiger partial charge in [-0.15, -0.1) is 0 Å². The number of benzene rings is 1. The van der Waals surface area contributed by atoms with Crippen molar-refractivity contribution in [1.29, 1.82) is 0 Å². The Bertz CT molecular complexity index is 359. The average molecular weight is 304 g/mol. The number of aliphatic hydroxyl groups is 1. The van der Waals surface area contributed by atoms with Crippen LogP contribution in [0.2, 0.25) is 0 Å². The van der Waals surface area contributed by atoms with Gasteiger partial charge < -0.3 is 5.11 Å². The van der Waals surface area contributed by atoms with Crippen molar-refractivity contribution in [2.24, 2.45) is 0 Å². The molecule has 1 N–H and O–H groups in total. The highest BCUT2D eigenvalue weighted by Gasteiger charge is 2.06. The lowest BCUT2D eigenvalue weighted by molar-refractivity contribution is -0.121. The molecular weight excluding hydrogens is 291 g/mol. The molecule has 0 radical (unpaired) electrons. The first-order valence-corrected chi connectivity index (χ1v) is 5.50. The second-order valence-corrected chi connectivity index (χ2v) is 4.56. The first-order chi connectivity index (χ1) is 6.54. The highest BCUT2D eigenvalue weighted by atomic mass is 127. The molecule has 1 aromatic carbocycles. The van der Waals surface area contributed by atoms with Gasteiger partial charge >= 0.3 is 0 Å². The highest BCUT2D eigenvalue weighted by Crippen LogP contribution is 2.18. The normalized spacial score (nSPS) is 10.3. The molecule has 76 valence electrons. The molecule has 0 aliphatic rings. The molecule has 0 saturated carbocycles. The highest BCUT2D eigenvalue weighted by molar-refractivity contribution is 14.1. The molecule has 0 bridgehead atoms. The van der Waals surface area contributed by atoms with Crippen LogP contribution in [0.3, 0.4) is 0 Å². The second-order valence-electron chi connectivity index (χ2n) is 3.40. The van der Waals surface area contributed by atoms with Crippen molar-refractivity contribution in [3.8, 4) is 0 Å². The van der Waals surface area contributed by atoms with Gasteiger partial charge in [0, 0.05) is 9.99 Å². The number of aryl methyl sites for hydroxylation is 2. The molecule has 0 fully saturated rings. The molecule has 14 heavy (non-hydrogen) atoms. The molecule has 0 aliphatic heterocycles. The van der Waals surface area contributed by atoms with Crippen LogP contribution in [0.25, 0.3) is 0 Å². The van der Waals surface area contributed by atoms with E-state index in [1.807, 2.05) is 19.9 Å². The molecule has 0 heterocycles. The van der Waals surface area contributed by atoms with Crippen LogP contribution in [0.1, 0.15) is 16.7 Å². The van der Waals surface area contributed by atoms with Crippen LogP contribution in [-0.2, 0) is 11.2 Å². The van der Waals surface area contributed by atoms with Gasteiger partial charge in [0.2, 0.25) is 0 Å². The molecule has 0 aliphatic carbocycles. The molecule has 1 aromatic rings. The van der Waals surface area contributed by atoms with E-state index in [9.17, 15) is 4.79 Å². The molecule has 0 spiro atoms. The summed E-state index contributed by atoms with van der Waals surface area (Å²) in [6, 6.07) is 4.08. The number of ketones is 1. The Morgan fingerprint density at radius 3 is 2.57 bits per heavy atom. The number of hydrogen-bond donors (Lipinski definition) is 1. The molecule has 0 atom stereocenters. The third kappa shape index (κ3) is 2.78. The summed E-state index contributed by atoms with van der Waals surface area (Å²) in [4.78, 5) is 11.1. The quantitative estimate of drug-likeness (QED) is 0.868. The van der Waals surface area contributed by atoms with Gasteiger partial charge in [-0.2, -0.15) is 0 Å². The molecule has 2 nitrogen and oxygen atoms in total. The van der Waals surface area contributed by atoms with E-state index in [1.54, 1.807) is 0 Å². The van der Waals surface area contributed by atoms with Crippen LogP contribution in [0.4, 0.5) is 0 Å². The fourth-order valence-electron chi connectivity index (χ4n) is 1.30. The molecule has 0 saturated heterocycles. The first kappa shape index (κ1) is 11.7. The topological polar surface area (TPSA) is 37.3 Å². The SMILES string of the molecule is Cc1cc(CC(=O)CO)c(C)cc1I. The number of carbonyl (C=O) groups is 1. The molecule has 0 unspecified atom stereocenters. The predicted octanol–water partition coefficient (Wildman–Crippen LogP) is 2.01. The van der Waals surface area contributed by atoms with E-state index in [0.29, 0.717) is 6.42 Å². The summed E-state index contributed by atoms with van der Waals surface area (Å²) in [5.41, 5.74) is 3.31. The van der Waals surface area contributed by atoms with E-state index in [-0.39, 0.29) is 12.4 Å². The Hall–Kier alpha value is -0.420. The van der Waals surface area contributed by atoms with Crippen molar-refractivity contribution in [1.82, 2.24) is 0 Å². The zero-order valence-electron chi connectivity index (χ0n) is 8.30. The summed E-state index contributed by atoms with van der Waals surface area (Å²) in [5, 5.41) is 8.66. The molecular formula is C11H13IO2. The minimum atomic E-state index is -0.371. The minimum absolute atomic E-state index is 0.131. The number of Topliss-reactive ketones (excluding diaryl/α,β-unsaturated/α-hetero) is 1. The third-order valence-corrected chi connectivity index (χ3v) is 3.34.